The Balaban J connectivity index is 4.26. The summed E-state index contributed by atoms with van der Waals surface area (Å²) in [5.41, 5.74) is -0.177. The minimum absolute atomic E-state index is 0.177. The number of Topliss-reactive ketones (excluding diaryl/α,β-unsaturated/α-hetero) is 1. The number of hydrogen-bond acceptors (Lipinski definition) is 1. The van der Waals surface area contributed by atoms with Gasteiger partial charge in [-0.2, -0.15) is 0 Å². The van der Waals surface area contributed by atoms with Gasteiger partial charge in [-0.15, -0.1) is 0 Å². The molecule has 0 aliphatic heterocycles. The van der Waals surface area contributed by atoms with Crippen molar-refractivity contribution in [1.82, 2.24) is 0 Å². The minimum atomic E-state index is -0.177. The molecule has 0 aromatic heterocycles. The molecule has 0 fully saturated rings. The van der Waals surface area contributed by atoms with E-state index in [0.29, 0.717) is 11.7 Å². The summed E-state index contributed by atoms with van der Waals surface area (Å²) in [6.45, 7) is 12.1. The monoisotopic (exact) mass is 156 g/mol. The highest BCUT2D eigenvalue weighted by Crippen LogP contribution is 2.24. The van der Waals surface area contributed by atoms with E-state index in [4.69, 9.17) is 0 Å². The second-order valence-corrected chi connectivity index (χ2v) is 4.65. The van der Waals surface area contributed by atoms with Crippen LogP contribution >= 0.6 is 0 Å². The van der Waals surface area contributed by atoms with Crippen molar-refractivity contribution in [2.24, 2.45) is 17.3 Å². The number of carbonyl (C=O) groups is 1. The first-order valence-electron chi connectivity index (χ1n) is 4.31. The van der Waals surface area contributed by atoms with Crippen LogP contribution in [0.25, 0.3) is 0 Å². The molecule has 0 saturated carbocycles. The van der Waals surface area contributed by atoms with Crippen molar-refractivity contribution < 1.29 is 4.79 Å². The first-order valence-corrected chi connectivity index (χ1v) is 4.31. The highest BCUT2D eigenvalue weighted by atomic mass is 16.1. The molecule has 0 unspecified atom stereocenters. The molecule has 0 aliphatic carbocycles. The topological polar surface area (TPSA) is 17.1 Å². The average molecular weight is 156 g/mol. The Labute approximate surface area is 70.2 Å². The predicted molar refractivity (Wildman–Crippen MR) is 48.5 cm³/mol. The largest absolute Gasteiger partial charge is 0.299 e. The summed E-state index contributed by atoms with van der Waals surface area (Å²) in [5, 5.41) is 0. The van der Waals surface area contributed by atoms with Gasteiger partial charge in [-0.1, -0.05) is 41.5 Å². The van der Waals surface area contributed by atoms with E-state index in [0.717, 1.165) is 0 Å². The van der Waals surface area contributed by atoms with Crippen molar-refractivity contribution in [2.45, 2.75) is 41.5 Å². The van der Waals surface area contributed by atoms with Gasteiger partial charge in [0, 0.05) is 11.3 Å². The summed E-state index contributed by atoms with van der Waals surface area (Å²) < 4.78 is 0. The highest BCUT2D eigenvalue weighted by molar-refractivity contribution is 5.85. The third-order valence-electron chi connectivity index (χ3n) is 2.15. The Morgan fingerprint density at radius 1 is 1.09 bits per heavy atom. The zero-order valence-corrected chi connectivity index (χ0v) is 8.56. The van der Waals surface area contributed by atoms with E-state index in [2.05, 4.69) is 13.8 Å². The molecule has 66 valence electrons. The quantitative estimate of drug-likeness (QED) is 0.601. The van der Waals surface area contributed by atoms with Crippen molar-refractivity contribution in [3.8, 4) is 0 Å². The third kappa shape index (κ3) is 3.04. The molecular weight excluding hydrogens is 136 g/mol. The Hall–Kier alpha value is -0.330. The lowest BCUT2D eigenvalue weighted by Gasteiger charge is -2.24. The van der Waals surface area contributed by atoms with E-state index in [9.17, 15) is 4.79 Å². The van der Waals surface area contributed by atoms with Gasteiger partial charge >= 0.3 is 0 Å². The molecular formula is C10H20O. The molecule has 0 bridgehead atoms. The first-order chi connectivity index (χ1) is 4.76. The summed E-state index contributed by atoms with van der Waals surface area (Å²) >= 11 is 0. The summed E-state index contributed by atoms with van der Waals surface area (Å²) in [6.07, 6.45) is 0. The van der Waals surface area contributed by atoms with Crippen molar-refractivity contribution in [3.63, 3.8) is 0 Å². The molecule has 0 amide bonds. The molecule has 11 heavy (non-hydrogen) atoms. The summed E-state index contributed by atoms with van der Waals surface area (Å²) in [4.78, 5) is 11.6. The lowest BCUT2D eigenvalue weighted by molar-refractivity contribution is -0.131. The Bertz CT molecular complexity index is 139. The molecule has 0 radical (unpaired) electrons. The fourth-order valence-corrected chi connectivity index (χ4v) is 0.986. The van der Waals surface area contributed by atoms with Crippen LogP contribution in [0.15, 0.2) is 0 Å². The second kappa shape index (κ2) is 3.38. The van der Waals surface area contributed by atoms with E-state index in [1.807, 2.05) is 27.7 Å². The molecule has 0 rings (SSSR count). The van der Waals surface area contributed by atoms with Gasteiger partial charge in [-0.25, -0.2) is 0 Å². The van der Waals surface area contributed by atoms with Gasteiger partial charge in [0.25, 0.3) is 0 Å². The van der Waals surface area contributed by atoms with E-state index in [-0.39, 0.29) is 11.3 Å². The van der Waals surface area contributed by atoms with Crippen molar-refractivity contribution in [1.29, 1.82) is 0 Å². The Kier molecular flexibility index (Phi) is 3.28. The first kappa shape index (κ1) is 10.7. The summed E-state index contributed by atoms with van der Waals surface area (Å²) in [7, 11) is 0. The average Bonchev–Trinajstić information content (AvgIpc) is 1.82. The van der Waals surface area contributed by atoms with Crippen LogP contribution in [-0.4, -0.2) is 5.78 Å². The molecule has 0 heterocycles. The van der Waals surface area contributed by atoms with Gasteiger partial charge in [0.2, 0.25) is 0 Å². The van der Waals surface area contributed by atoms with Crippen molar-refractivity contribution >= 4 is 5.78 Å². The SMILES string of the molecule is CC(C)[C@H](C)C(=O)C(C)(C)C. The van der Waals surface area contributed by atoms with Gasteiger partial charge in [-0.05, 0) is 5.92 Å². The van der Waals surface area contributed by atoms with Crippen molar-refractivity contribution in [3.05, 3.63) is 0 Å². The zero-order chi connectivity index (χ0) is 9.23. The Morgan fingerprint density at radius 2 is 1.45 bits per heavy atom. The van der Waals surface area contributed by atoms with Gasteiger partial charge in [0.1, 0.15) is 5.78 Å². The highest BCUT2D eigenvalue weighted by Gasteiger charge is 2.27. The molecule has 1 atom stereocenters. The smallest absolute Gasteiger partial charge is 0.141 e. The molecule has 0 aliphatic rings. The van der Waals surface area contributed by atoms with Gasteiger partial charge in [-0.3, -0.25) is 4.79 Å². The molecule has 0 N–H and O–H groups in total. The lowest BCUT2D eigenvalue weighted by Crippen LogP contribution is -2.29. The van der Waals surface area contributed by atoms with E-state index >= 15 is 0 Å². The van der Waals surface area contributed by atoms with Gasteiger partial charge in [0.05, 0.1) is 0 Å². The fourth-order valence-electron chi connectivity index (χ4n) is 0.986. The number of carbonyl (C=O) groups excluding carboxylic acids is 1. The van der Waals surface area contributed by atoms with Crippen LogP contribution in [0.3, 0.4) is 0 Å². The van der Waals surface area contributed by atoms with Crippen LogP contribution in [0.4, 0.5) is 0 Å². The van der Waals surface area contributed by atoms with E-state index in [1.165, 1.54) is 0 Å². The standard InChI is InChI=1S/C10H20O/c1-7(2)8(3)9(11)10(4,5)6/h7-8H,1-6H3/t8-/m0/s1. The molecule has 0 spiro atoms. The lowest BCUT2D eigenvalue weighted by atomic mass is 9.79. The Morgan fingerprint density at radius 3 is 1.55 bits per heavy atom. The van der Waals surface area contributed by atoms with Crippen LogP contribution in [-0.2, 0) is 4.79 Å². The summed E-state index contributed by atoms with van der Waals surface area (Å²) in [5.74, 6) is 1.02. The van der Waals surface area contributed by atoms with E-state index < -0.39 is 0 Å². The third-order valence-corrected chi connectivity index (χ3v) is 2.15. The van der Waals surface area contributed by atoms with Crippen LogP contribution in [0.5, 0.6) is 0 Å². The van der Waals surface area contributed by atoms with Crippen LogP contribution < -0.4 is 0 Å². The summed E-state index contributed by atoms with van der Waals surface area (Å²) in [6, 6.07) is 0. The predicted octanol–water partition coefficient (Wildman–Crippen LogP) is 2.89. The number of rotatable bonds is 2. The van der Waals surface area contributed by atoms with E-state index in [1.54, 1.807) is 0 Å². The molecule has 0 aromatic carbocycles. The zero-order valence-electron chi connectivity index (χ0n) is 8.56. The van der Waals surface area contributed by atoms with Crippen molar-refractivity contribution in [2.75, 3.05) is 0 Å². The normalized spacial score (nSPS) is 15.2. The number of hydrogen-bond donors (Lipinski definition) is 0. The van der Waals surface area contributed by atoms with Crippen LogP contribution in [0, 0.1) is 17.3 Å². The van der Waals surface area contributed by atoms with Gasteiger partial charge < -0.3 is 0 Å². The van der Waals surface area contributed by atoms with Crippen LogP contribution in [0.2, 0.25) is 0 Å². The minimum Gasteiger partial charge on any atom is -0.299 e. The maximum absolute atomic E-state index is 11.6. The second-order valence-electron chi connectivity index (χ2n) is 4.65. The number of ketones is 1. The molecule has 0 aromatic rings. The molecule has 0 saturated heterocycles. The molecule has 1 heteroatoms. The van der Waals surface area contributed by atoms with Crippen LogP contribution in [0.1, 0.15) is 41.5 Å². The van der Waals surface area contributed by atoms with Gasteiger partial charge in [0.15, 0.2) is 0 Å². The fraction of sp³-hybridized carbons (Fsp3) is 0.900. The molecule has 1 nitrogen and oxygen atoms in total. The maximum Gasteiger partial charge on any atom is 0.141 e. The maximum atomic E-state index is 11.6.